The zero-order valence-corrected chi connectivity index (χ0v) is 14.9. The van der Waals surface area contributed by atoms with Crippen molar-refractivity contribution in [2.75, 3.05) is 11.5 Å². The van der Waals surface area contributed by atoms with E-state index in [0.717, 1.165) is 6.54 Å². The molecule has 0 spiro atoms. The van der Waals surface area contributed by atoms with Gasteiger partial charge in [-0.05, 0) is 12.8 Å². The molecule has 2 rings (SSSR count). The van der Waals surface area contributed by atoms with E-state index in [4.69, 9.17) is 0 Å². The van der Waals surface area contributed by atoms with Crippen LogP contribution in [0.15, 0.2) is 18.7 Å². The van der Waals surface area contributed by atoms with Gasteiger partial charge in [-0.3, -0.25) is 0 Å². The second-order valence-corrected chi connectivity index (χ2v) is 8.54. The van der Waals surface area contributed by atoms with Crippen molar-refractivity contribution in [3.05, 3.63) is 18.7 Å². The molecule has 116 valence electrons. The third-order valence-electron chi connectivity index (χ3n) is 3.78. The van der Waals surface area contributed by atoms with E-state index >= 15 is 0 Å². The van der Waals surface area contributed by atoms with Gasteiger partial charge in [-0.1, -0.05) is 39.0 Å². The Hall–Kier alpha value is 0.200. The standard InChI is InChI=1S/C15H26N2S2.ClH/c1-2-3-4-5-6-7-15(18-12-13-19-15)8-10-17-11-9-16-14-17;/h9,11,14H,2-8,10,12-13H2,1H3;1H. The van der Waals surface area contributed by atoms with Crippen molar-refractivity contribution in [3.8, 4) is 0 Å². The van der Waals surface area contributed by atoms with E-state index in [-0.39, 0.29) is 12.4 Å². The van der Waals surface area contributed by atoms with E-state index in [0.29, 0.717) is 4.08 Å². The second kappa shape index (κ2) is 10.0. The molecular formula is C15H27ClN2S2. The van der Waals surface area contributed by atoms with Gasteiger partial charge in [-0.2, -0.15) is 0 Å². The number of hydrogen-bond donors (Lipinski definition) is 0. The summed E-state index contributed by atoms with van der Waals surface area (Å²) >= 11 is 4.41. The summed E-state index contributed by atoms with van der Waals surface area (Å²) in [6.45, 7) is 3.41. The molecule has 0 atom stereocenters. The normalized spacial score (nSPS) is 17.1. The van der Waals surface area contributed by atoms with Crippen molar-refractivity contribution >= 4 is 35.9 Å². The summed E-state index contributed by atoms with van der Waals surface area (Å²) in [6.07, 6.45) is 15.6. The molecule has 20 heavy (non-hydrogen) atoms. The second-order valence-electron chi connectivity index (χ2n) is 5.32. The molecule has 2 nitrogen and oxygen atoms in total. The van der Waals surface area contributed by atoms with Gasteiger partial charge in [-0.25, -0.2) is 4.98 Å². The molecule has 1 aromatic rings. The van der Waals surface area contributed by atoms with Gasteiger partial charge in [0.05, 0.1) is 10.4 Å². The number of imidazole rings is 1. The van der Waals surface area contributed by atoms with Crippen LogP contribution in [0.25, 0.3) is 0 Å². The number of aromatic nitrogens is 2. The first-order valence-corrected chi connectivity index (χ1v) is 9.55. The van der Waals surface area contributed by atoms with Crippen LogP contribution in [0.1, 0.15) is 51.9 Å². The largest absolute Gasteiger partial charge is 0.337 e. The molecule has 0 amide bonds. The zero-order valence-electron chi connectivity index (χ0n) is 12.4. The highest BCUT2D eigenvalue weighted by atomic mass is 35.5. The molecule has 0 aromatic carbocycles. The molecule has 0 aliphatic carbocycles. The summed E-state index contributed by atoms with van der Waals surface area (Å²) in [6, 6.07) is 0. The van der Waals surface area contributed by atoms with E-state index in [1.807, 2.05) is 12.5 Å². The maximum atomic E-state index is 4.14. The van der Waals surface area contributed by atoms with Crippen LogP contribution in [0.3, 0.4) is 0 Å². The van der Waals surface area contributed by atoms with Gasteiger partial charge in [0.15, 0.2) is 0 Å². The van der Waals surface area contributed by atoms with Crippen molar-refractivity contribution in [1.82, 2.24) is 9.55 Å². The minimum absolute atomic E-state index is 0. The highest BCUT2D eigenvalue weighted by Gasteiger charge is 2.34. The average Bonchev–Trinajstić information content (AvgIpc) is 3.08. The highest BCUT2D eigenvalue weighted by molar-refractivity contribution is 8.21. The molecular weight excluding hydrogens is 308 g/mol. The minimum atomic E-state index is 0. The van der Waals surface area contributed by atoms with Crippen molar-refractivity contribution in [2.45, 2.75) is 62.5 Å². The number of halogens is 1. The number of hydrogen-bond acceptors (Lipinski definition) is 3. The fourth-order valence-electron chi connectivity index (χ4n) is 2.63. The molecule has 1 aliphatic heterocycles. The average molecular weight is 335 g/mol. The predicted molar refractivity (Wildman–Crippen MR) is 95.1 cm³/mol. The lowest BCUT2D eigenvalue weighted by Crippen LogP contribution is -2.19. The topological polar surface area (TPSA) is 17.8 Å². The van der Waals surface area contributed by atoms with Gasteiger partial charge < -0.3 is 4.57 Å². The highest BCUT2D eigenvalue weighted by Crippen LogP contribution is 2.50. The molecule has 0 saturated carbocycles. The molecule has 0 bridgehead atoms. The fourth-order valence-corrected chi connectivity index (χ4v) is 5.92. The first-order valence-electron chi connectivity index (χ1n) is 7.58. The van der Waals surface area contributed by atoms with Crippen LogP contribution in [0.5, 0.6) is 0 Å². The van der Waals surface area contributed by atoms with Crippen molar-refractivity contribution < 1.29 is 0 Å². The van der Waals surface area contributed by atoms with Crippen molar-refractivity contribution in [1.29, 1.82) is 0 Å². The lowest BCUT2D eigenvalue weighted by Gasteiger charge is -2.27. The summed E-state index contributed by atoms with van der Waals surface area (Å²) in [5.74, 6) is 2.67. The predicted octanol–water partition coefficient (Wildman–Crippen LogP) is 5.23. The van der Waals surface area contributed by atoms with Crippen LogP contribution in [0.2, 0.25) is 0 Å². The summed E-state index contributed by atoms with van der Waals surface area (Å²) < 4.78 is 2.72. The van der Waals surface area contributed by atoms with Crippen LogP contribution in [0, 0.1) is 0 Å². The number of nitrogens with zero attached hydrogens (tertiary/aromatic N) is 2. The maximum absolute atomic E-state index is 4.14. The molecule has 5 heteroatoms. The third kappa shape index (κ3) is 5.90. The number of aryl methyl sites for hydroxylation is 1. The van der Waals surface area contributed by atoms with Gasteiger partial charge >= 0.3 is 0 Å². The monoisotopic (exact) mass is 334 g/mol. The molecule has 1 aromatic heterocycles. The summed E-state index contributed by atoms with van der Waals surface area (Å²) in [7, 11) is 0. The quantitative estimate of drug-likeness (QED) is 0.576. The Kier molecular flexibility index (Phi) is 9.14. The van der Waals surface area contributed by atoms with Gasteiger partial charge in [-0.15, -0.1) is 35.9 Å². The third-order valence-corrected chi connectivity index (χ3v) is 7.44. The van der Waals surface area contributed by atoms with E-state index in [1.165, 1.54) is 56.5 Å². The molecule has 0 unspecified atom stereocenters. The van der Waals surface area contributed by atoms with E-state index < -0.39 is 0 Å². The number of thioether (sulfide) groups is 2. The lowest BCUT2D eigenvalue weighted by atomic mass is 10.1. The maximum Gasteiger partial charge on any atom is 0.0945 e. The van der Waals surface area contributed by atoms with E-state index in [9.17, 15) is 0 Å². The summed E-state index contributed by atoms with van der Waals surface area (Å²) in [5, 5.41) is 0. The van der Waals surface area contributed by atoms with Crippen LogP contribution < -0.4 is 0 Å². The lowest BCUT2D eigenvalue weighted by molar-refractivity contribution is 0.533. The minimum Gasteiger partial charge on any atom is -0.337 e. The Labute approximate surface area is 138 Å². The van der Waals surface area contributed by atoms with Crippen LogP contribution in [-0.2, 0) is 6.54 Å². The van der Waals surface area contributed by atoms with Crippen LogP contribution in [0.4, 0.5) is 0 Å². The van der Waals surface area contributed by atoms with Crippen LogP contribution >= 0.6 is 35.9 Å². The molecule has 2 heterocycles. The molecule has 1 saturated heterocycles. The Morgan fingerprint density at radius 2 is 1.85 bits per heavy atom. The summed E-state index contributed by atoms with van der Waals surface area (Å²) in [5.41, 5.74) is 0. The molecule has 0 N–H and O–H groups in total. The zero-order chi connectivity index (χ0) is 13.4. The van der Waals surface area contributed by atoms with Crippen molar-refractivity contribution in [2.24, 2.45) is 0 Å². The molecule has 0 radical (unpaired) electrons. The Balaban J connectivity index is 0.00000200. The van der Waals surface area contributed by atoms with E-state index in [1.54, 1.807) is 0 Å². The van der Waals surface area contributed by atoms with Gasteiger partial charge in [0, 0.05) is 30.4 Å². The van der Waals surface area contributed by atoms with E-state index in [2.05, 4.69) is 46.2 Å². The summed E-state index contributed by atoms with van der Waals surface area (Å²) in [4.78, 5) is 4.14. The van der Waals surface area contributed by atoms with Gasteiger partial charge in [0.25, 0.3) is 0 Å². The molecule has 1 fully saturated rings. The van der Waals surface area contributed by atoms with Crippen LogP contribution in [-0.4, -0.2) is 25.1 Å². The Bertz CT molecular complexity index is 338. The number of rotatable bonds is 9. The fraction of sp³-hybridized carbons (Fsp3) is 0.800. The Morgan fingerprint density at radius 3 is 2.50 bits per heavy atom. The van der Waals surface area contributed by atoms with Gasteiger partial charge in [0.1, 0.15) is 0 Å². The molecule has 1 aliphatic rings. The first kappa shape index (κ1) is 18.2. The van der Waals surface area contributed by atoms with Crippen molar-refractivity contribution in [3.63, 3.8) is 0 Å². The SMILES string of the molecule is CCCCCCCC1(CCn2ccnc2)SCCS1.Cl. The smallest absolute Gasteiger partial charge is 0.0945 e. The number of unbranched alkanes of at least 4 members (excludes halogenated alkanes) is 4. The first-order chi connectivity index (χ1) is 9.35. The van der Waals surface area contributed by atoms with Gasteiger partial charge in [0.2, 0.25) is 0 Å². The Morgan fingerprint density at radius 1 is 1.10 bits per heavy atom.